The first-order valence-electron chi connectivity index (χ1n) is 8.33. The minimum atomic E-state index is -3.14. The van der Waals surface area contributed by atoms with Crippen molar-refractivity contribution in [3.8, 4) is 0 Å². The molecule has 0 radical (unpaired) electrons. The van der Waals surface area contributed by atoms with Gasteiger partial charge in [0, 0.05) is 6.04 Å². The van der Waals surface area contributed by atoms with E-state index in [0.29, 0.717) is 6.42 Å². The van der Waals surface area contributed by atoms with Crippen LogP contribution in [0.25, 0.3) is 0 Å². The van der Waals surface area contributed by atoms with E-state index in [-0.39, 0.29) is 22.6 Å². The van der Waals surface area contributed by atoms with Crippen molar-refractivity contribution in [2.75, 3.05) is 18.1 Å². The lowest BCUT2D eigenvalue weighted by atomic mass is 10.1. The van der Waals surface area contributed by atoms with E-state index in [1.807, 2.05) is 0 Å². The van der Waals surface area contributed by atoms with E-state index in [1.54, 1.807) is 12.1 Å². The first kappa shape index (κ1) is 19.0. The number of carbonyl (C=O) groups excluding carboxylic acids is 4. The van der Waals surface area contributed by atoms with Crippen LogP contribution in [0.4, 0.5) is 0 Å². The molecule has 27 heavy (non-hydrogen) atoms. The summed E-state index contributed by atoms with van der Waals surface area (Å²) >= 11 is 0. The Morgan fingerprint density at radius 1 is 1.22 bits per heavy atom. The first-order chi connectivity index (χ1) is 12.7. The fourth-order valence-corrected chi connectivity index (χ4v) is 4.77. The van der Waals surface area contributed by atoms with Gasteiger partial charge in [-0.1, -0.05) is 12.1 Å². The molecule has 2 heterocycles. The van der Waals surface area contributed by atoms with E-state index in [2.05, 4.69) is 5.32 Å². The van der Waals surface area contributed by atoms with Crippen molar-refractivity contribution >= 4 is 33.5 Å². The van der Waals surface area contributed by atoms with Gasteiger partial charge in [-0.2, -0.15) is 0 Å². The molecule has 0 bridgehead atoms. The van der Waals surface area contributed by atoms with Crippen LogP contribution in [0.5, 0.6) is 0 Å². The lowest BCUT2D eigenvalue weighted by Gasteiger charge is -2.21. The van der Waals surface area contributed by atoms with Gasteiger partial charge in [0.2, 0.25) is 0 Å². The fourth-order valence-electron chi connectivity index (χ4n) is 3.10. The summed E-state index contributed by atoms with van der Waals surface area (Å²) in [6.45, 7) is 0.717. The van der Waals surface area contributed by atoms with Crippen molar-refractivity contribution in [1.29, 1.82) is 0 Å². The van der Waals surface area contributed by atoms with Crippen LogP contribution in [0.3, 0.4) is 0 Å². The Morgan fingerprint density at radius 2 is 1.81 bits per heavy atom. The molecule has 0 saturated carbocycles. The van der Waals surface area contributed by atoms with Crippen LogP contribution < -0.4 is 5.32 Å². The number of nitrogens with one attached hydrogen (secondary N) is 1. The molecule has 1 aromatic carbocycles. The molecule has 0 unspecified atom stereocenters. The monoisotopic (exact) mass is 394 g/mol. The average molecular weight is 394 g/mol. The Balaban J connectivity index is 1.55. The minimum Gasteiger partial charge on any atom is -0.454 e. The summed E-state index contributed by atoms with van der Waals surface area (Å²) in [7, 11) is -3.14. The number of hydrogen-bond donors (Lipinski definition) is 1. The number of amides is 3. The second-order valence-corrected chi connectivity index (χ2v) is 8.71. The molecule has 3 amide bonds. The molecule has 2 aliphatic heterocycles. The maximum atomic E-state index is 12.3. The summed E-state index contributed by atoms with van der Waals surface area (Å²) in [5.74, 6) is -2.87. The van der Waals surface area contributed by atoms with Crippen LogP contribution in [0.2, 0.25) is 0 Å². The molecule has 1 aromatic rings. The summed E-state index contributed by atoms with van der Waals surface area (Å²) in [5, 5.41) is 2.49. The van der Waals surface area contributed by atoms with Gasteiger partial charge in [-0.05, 0) is 25.5 Å². The van der Waals surface area contributed by atoms with Gasteiger partial charge in [0.15, 0.2) is 16.4 Å². The summed E-state index contributed by atoms with van der Waals surface area (Å²) in [5.41, 5.74) is 0.421. The van der Waals surface area contributed by atoms with Crippen LogP contribution in [0, 0.1) is 0 Å². The molecule has 1 fully saturated rings. The topological polar surface area (TPSA) is 127 Å². The van der Waals surface area contributed by atoms with E-state index in [9.17, 15) is 27.6 Å². The lowest BCUT2D eigenvalue weighted by Crippen LogP contribution is -2.45. The average Bonchev–Trinajstić information content (AvgIpc) is 3.09. The molecule has 2 aliphatic rings. The standard InChI is InChI=1S/C17H18N2O7S/c1-10(19-15(21)12-4-2-3-5-13(12)16(19)22)17(23)26-8-14(20)18-11-6-7-27(24,25)9-11/h2-5,10-11H,6-9H2,1H3,(H,18,20)/t10-,11+/m0/s1. The molecule has 0 spiro atoms. The number of sulfone groups is 1. The largest absolute Gasteiger partial charge is 0.454 e. The normalized spacial score (nSPS) is 21.7. The Hall–Kier alpha value is -2.75. The number of imide groups is 1. The summed E-state index contributed by atoms with van der Waals surface area (Å²) in [4.78, 5) is 49.5. The molecule has 1 N–H and O–H groups in total. The van der Waals surface area contributed by atoms with Gasteiger partial charge in [0.1, 0.15) is 6.04 Å². The van der Waals surface area contributed by atoms with Gasteiger partial charge >= 0.3 is 5.97 Å². The Bertz CT molecular complexity index is 890. The highest BCUT2D eigenvalue weighted by Gasteiger charge is 2.41. The van der Waals surface area contributed by atoms with E-state index in [4.69, 9.17) is 4.74 Å². The van der Waals surface area contributed by atoms with E-state index < -0.39 is 52.2 Å². The predicted octanol–water partition coefficient (Wildman–Crippen LogP) is -0.482. The van der Waals surface area contributed by atoms with Crippen molar-refractivity contribution in [3.05, 3.63) is 35.4 Å². The van der Waals surface area contributed by atoms with E-state index in [0.717, 1.165) is 4.90 Å². The zero-order valence-electron chi connectivity index (χ0n) is 14.5. The molecule has 9 nitrogen and oxygen atoms in total. The van der Waals surface area contributed by atoms with Crippen molar-refractivity contribution in [2.45, 2.75) is 25.4 Å². The molecular formula is C17H18N2O7S. The van der Waals surface area contributed by atoms with Gasteiger partial charge in [-0.15, -0.1) is 0 Å². The Morgan fingerprint density at radius 3 is 2.33 bits per heavy atom. The highest BCUT2D eigenvalue weighted by atomic mass is 32.2. The molecule has 144 valence electrons. The number of nitrogens with zero attached hydrogens (tertiary/aromatic N) is 1. The van der Waals surface area contributed by atoms with Crippen LogP contribution in [-0.2, 0) is 24.2 Å². The van der Waals surface area contributed by atoms with Gasteiger partial charge in [-0.25, -0.2) is 13.2 Å². The summed E-state index contributed by atoms with van der Waals surface area (Å²) in [6.07, 6.45) is 0.313. The molecule has 0 aromatic heterocycles. The number of rotatable bonds is 5. The van der Waals surface area contributed by atoms with Gasteiger partial charge in [0.05, 0.1) is 22.6 Å². The molecule has 2 atom stereocenters. The predicted molar refractivity (Wildman–Crippen MR) is 92.6 cm³/mol. The van der Waals surface area contributed by atoms with Crippen LogP contribution in [0.1, 0.15) is 34.1 Å². The Labute approximate surface area is 155 Å². The highest BCUT2D eigenvalue weighted by molar-refractivity contribution is 7.91. The number of fused-ring (bicyclic) bond motifs is 1. The van der Waals surface area contributed by atoms with Crippen LogP contribution in [-0.4, -0.2) is 67.2 Å². The van der Waals surface area contributed by atoms with Crippen molar-refractivity contribution in [3.63, 3.8) is 0 Å². The third-order valence-corrected chi connectivity index (χ3v) is 6.26. The number of esters is 1. The fraction of sp³-hybridized carbons (Fsp3) is 0.412. The smallest absolute Gasteiger partial charge is 0.329 e. The van der Waals surface area contributed by atoms with E-state index >= 15 is 0 Å². The maximum Gasteiger partial charge on any atom is 0.329 e. The van der Waals surface area contributed by atoms with Gasteiger partial charge in [-0.3, -0.25) is 19.3 Å². The molecule has 0 aliphatic carbocycles. The van der Waals surface area contributed by atoms with Crippen LogP contribution in [0.15, 0.2) is 24.3 Å². The number of ether oxygens (including phenoxy) is 1. The summed E-state index contributed by atoms with van der Waals surface area (Å²) in [6, 6.07) is 4.52. The van der Waals surface area contributed by atoms with Gasteiger partial charge in [0.25, 0.3) is 17.7 Å². The maximum absolute atomic E-state index is 12.3. The van der Waals surface area contributed by atoms with Gasteiger partial charge < -0.3 is 10.1 Å². The van der Waals surface area contributed by atoms with Crippen molar-refractivity contribution in [2.24, 2.45) is 0 Å². The van der Waals surface area contributed by atoms with Crippen molar-refractivity contribution in [1.82, 2.24) is 10.2 Å². The third kappa shape index (κ3) is 3.85. The highest BCUT2D eigenvalue weighted by Crippen LogP contribution is 2.24. The SMILES string of the molecule is C[C@@H](C(=O)OCC(=O)N[C@@H]1CCS(=O)(=O)C1)N1C(=O)c2ccccc2C1=O. The quantitative estimate of drug-likeness (QED) is 0.528. The molecule has 3 rings (SSSR count). The second-order valence-electron chi connectivity index (χ2n) is 6.48. The second kappa shape index (κ2) is 7.10. The first-order valence-corrected chi connectivity index (χ1v) is 10.1. The molecule has 1 saturated heterocycles. The lowest BCUT2D eigenvalue weighted by molar-refractivity contribution is -0.152. The zero-order chi connectivity index (χ0) is 19.8. The number of benzene rings is 1. The number of carbonyl (C=O) groups is 4. The number of hydrogen-bond acceptors (Lipinski definition) is 7. The molecular weight excluding hydrogens is 376 g/mol. The zero-order valence-corrected chi connectivity index (χ0v) is 15.3. The van der Waals surface area contributed by atoms with E-state index in [1.165, 1.54) is 19.1 Å². The molecule has 10 heteroatoms. The minimum absolute atomic E-state index is 0.00844. The van der Waals surface area contributed by atoms with Crippen molar-refractivity contribution < 1.29 is 32.3 Å². The summed E-state index contributed by atoms with van der Waals surface area (Å²) < 4.78 is 27.6. The van der Waals surface area contributed by atoms with Crippen LogP contribution >= 0.6 is 0 Å². The third-order valence-electron chi connectivity index (χ3n) is 4.50. The Kier molecular flexibility index (Phi) is 5.01.